The molecule has 1 unspecified atom stereocenters. The first-order chi connectivity index (χ1) is 6.33. The van der Waals surface area contributed by atoms with Gasteiger partial charge in [-0.05, 0) is 6.92 Å². The summed E-state index contributed by atoms with van der Waals surface area (Å²) >= 11 is 2.18. The molecule has 0 aromatic rings. The number of nitrogens with one attached hydrogen (secondary N) is 1. The van der Waals surface area contributed by atoms with Gasteiger partial charge in [-0.15, -0.1) is 0 Å². The van der Waals surface area contributed by atoms with Gasteiger partial charge in [-0.2, -0.15) is 8.78 Å². The molecule has 1 atom stereocenters. The minimum atomic E-state index is -3.07. The first-order valence-electron chi connectivity index (χ1n) is 4.52. The zero-order valence-corrected chi connectivity index (χ0v) is 10.6. The van der Waals surface area contributed by atoms with Crippen LogP contribution in [0.1, 0.15) is 20.8 Å². The van der Waals surface area contributed by atoms with Gasteiger partial charge in [0.05, 0.1) is 9.62 Å². The number of alkyl halides is 3. The van der Waals surface area contributed by atoms with Crippen molar-refractivity contribution in [1.29, 1.82) is 0 Å². The Kier molecular flexibility index (Phi) is 3.60. The van der Waals surface area contributed by atoms with E-state index in [9.17, 15) is 8.78 Å². The SMILES string of the molecule is CC(C)C1=C(C(C)I)NCC(F)(F)O1. The van der Waals surface area contributed by atoms with Crippen LogP contribution in [0.25, 0.3) is 0 Å². The van der Waals surface area contributed by atoms with Gasteiger partial charge in [0, 0.05) is 5.92 Å². The quantitative estimate of drug-likeness (QED) is 0.625. The topological polar surface area (TPSA) is 21.3 Å². The van der Waals surface area contributed by atoms with Gasteiger partial charge < -0.3 is 10.1 Å². The highest BCUT2D eigenvalue weighted by molar-refractivity contribution is 14.1. The second-order valence-electron chi connectivity index (χ2n) is 3.64. The number of hydrogen-bond donors (Lipinski definition) is 1. The monoisotopic (exact) mass is 317 g/mol. The summed E-state index contributed by atoms with van der Waals surface area (Å²) in [6.45, 7) is 5.19. The number of ether oxygens (including phenoxy) is 1. The van der Waals surface area contributed by atoms with Crippen molar-refractivity contribution in [1.82, 2.24) is 5.32 Å². The first kappa shape index (κ1) is 12.0. The van der Waals surface area contributed by atoms with Crippen LogP contribution >= 0.6 is 22.6 Å². The Balaban J connectivity index is 2.96. The van der Waals surface area contributed by atoms with Crippen molar-refractivity contribution >= 4 is 22.6 Å². The number of halogens is 3. The smallest absolute Gasteiger partial charge is 0.415 e. The lowest BCUT2D eigenvalue weighted by molar-refractivity contribution is -0.221. The summed E-state index contributed by atoms with van der Waals surface area (Å²) in [5.74, 6) is 0.351. The maximum Gasteiger partial charge on any atom is 0.415 e. The molecule has 82 valence electrons. The number of allylic oxidation sites excluding steroid dienone is 2. The maximum absolute atomic E-state index is 12.9. The van der Waals surface area contributed by atoms with Gasteiger partial charge in [-0.3, -0.25) is 0 Å². The predicted molar refractivity (Wildman–Crippen MR) is 59.4 cm³/mol. The maximum atomic E-state index is 12.9. The van der Waals surface area contributed by atoms with Crippen LogP contribution in [0.2, 0.25) is 0 Å². The fraction of sp³-hybridized carbons (Fsp3) is 0.778. The molecule has 0 bridgehead atoms. The highest BCUT2D eigenvalue weighted by atomic mass is 127. The van der Waals surface area contributed by atoms with E-state index in [0.717, 1.165) is 5.70 Å². The molecule has 1 rings (SSSR count). The molecule has 1 N–H and O–H groups in total. The van der Waals surface area contributed by atoms with Crippen LogP contribution in [-0.4, -0.2) is 16.6 Å². The Morgan fingerprint density at radius 2 is 2.00 bits per heavy atom. The summed E-state index contributed by atoms with van der Waals surface area (Å²) in [6, 6.07) is 0. The van der Waals surface area contributed by atoms with Crippen LogP contribution in [0.15, 0.2) is 11.5 Å². The summed E-state index contributed by atoms with van der Waals surface area (Å²) in [4.78, 5) is 0. The number of rotatable bonds is 2. The molecule has 1 aliphatic rings. The molecular weight excluding hydrogens is 303 g/mol. The fourth-order valence-corrected chi connectivity index (χ4v) is 1.83. The van der Waals surface area contributed by atoms with Crippen molar-refractivity contribution in [3.05, 3.63) is 11.5 Å². The van der Waals surface area contributed by atoms with E-state index < -0.39 is 12.7 Å². The molecule has 0 saturated carbocycles. The van der Waals surface area contributed by atoms with Gasteiger partial charge in [0.2, 0.25) is 0 Å². The summed E-state index contributed by atoms with van der Waals surface area (Å²) in [5.41, 5.74) is 0.784. The van der Waals surface area contributed by atoms with E-state index in [-0.39, 0.29) is 9.84 Å². The van der Waals surface area contributed by atoms with Gasteiger partial charge in [-0.25, -0.2) is 0 Å². The van der Waals surface area contributed by atoms with E-state index in [2.05, 4.69) is 32.6 Å². The van der Waals surface area contributed by atoms with Crippen molar-refractivity contribution in [2.45, 2.75) is 30.8 Å². The average molecular weight is 317 g/mol. The molecule has 14 heavy (non-hydrogen) atoms. The van der Waals surface area contributed by atoms with Crippen LogP contribution in [-0.2, 0) is 4.74 Å². The lowest BCUT2D eigenvalue weighted by Gasteiger charge is -2.31. The third kappa shape index (κ3) is 2.71. The highest BCUT2D eigenvalue weighted by Crippen LogP contribution is 2.31. The molecule has 1 heterocycles. The number of hydrogen-bond acceptors (Lipinski definition) is 2. The zero-order chi connectivity index (χ0) is 10.9. The van der Waals surface area contributed by atoms with Gasteiger partial charge in [0.25, 0.3) is 0 Å². The van der Waals surface area contributed by atoms with Crippen molar-refractivity contribution in [2.24, 2.45) is 5.92 Å². The van der Waals surface area contributed by atoms with Crippen LogP contribution in [0, 0.1) is 5.92 Å². The van der Waals surface area contributed by atoms with Gasteiger partial charge in [0.1, 0.15) is 12.3 Å². The zero-order valence-electron chi connectivity index (χ0n) is 8.40. The molecule has 2 nitrogen and oxygen atoms in total. The van der Waals surface area contributed by atoms with Gasteiger partial charge in [-0.1, -0.05) is 36.4 Å². The normalized spacial score (nSPS) is 23.1. The average Bonchev–Trinajstić information content (AvgIpc) is 2.01. The molecule has 0 aromatic heterocycles. The van der Waals surface area contributed by atoms with Crippen LogP contribution in [0.5, 0.6) is 0 Å². The van der Waals surface area contributed by atoms with Gasteiger partial charge in [0.15, 0.2) is 0 Å². The summed E-state index contributed by atoms with van der Waals surface area (Å²) < 4.78 is 30.7. The van der Waals surface area contributed by atoms with Crippen LogP contribution in [0.3, 0.4) is 0 Å². The van der Waals surface area contributed by atoms with E-state index in [1.165, 1.54) is 0 Å². The Hall–Kier alpha value is -0.0700. The fourth-order valence-electron chi connectivity index (χ4n) is 1.30. The molecule has 0 amide bonds. The summed E-state index contributed by atoms with van der Waals surface area (Å²) in [7, 11) is 0. The molecule has 5 heteroatoms. The van der Waals surface area contributed by atoms with E-state index in [1.54, 1.807) is 0 Å². The molecule has 1 aliphatic heterocycles. The minimum absolute atomic E-state index is 0.0270. The van der Waals surface area contributed by atoms with E-state index in [1.807, 2.05) is 20.8 Å². The summed E-state index contributed by atoms with van der Waals surface area (Å²) in [5, 5.41) is 2.74. The second-order valence-corrected chi connectivity index (χ2v) is 5.51. The third-order valence-corrected chi connectivity index (χ3v) is 2.55. The molecule has 0 aliphatic carbocycles. The Morgan fingerprint density at radius 1 is 1.43 bits per heavy atom. The molecule has 0 saturated heterocycles. The summed E-state index contributed by atoms with van der Waals surface area (Å²) in [6.07, 6.45) is -3.07. The molecule has 0 fully saturated rings. The lowest BCUT2D eigenvalue weighted by atomic mass is 10.1. The third-order valence-electron chi connectivity index (χ3n) is 1.93. The second kappa shape index (κ2) is 4.20. The Labute approximate surface area is 96.2 Å². The van der Waals surface area contributed by atoms with E-state index in [0.29, 0.717) is 5.76 Å². The van der Waals surface area contributed by atoms with Gasteiger partial charge >= 0.3 is 6.11 Å². The standard InChI is InChI=1S/C9H14F2INO/c1-5(2)8-7(6(3)12)13-4-9(10,11)14-8/h5-6,13H,4H2,1-3H3. The molecular formula is C9H14F2INO. The van der Waals surface area contributed by atoms with Crippen molar-refractivity contribution < 1.29 is 13.5 Å². The Morgan fingerprint density at radius 3 is 2.43 bits per heavy atom. The molecule has 0 spiro atoms. The minimum Gasteiger partial charge on any atom is -0.434 e. The molecule has 0 radical (unpaired) electrons. The lowest BCUT2D eigenvalue weighted by Crippen LogP contribution is -2.42. The predicted octanol–water partition coefficient (Wildman–Crippen LogP) is 2.89. The Bertz CT molecular complexity index is 251. The van der Waals surface area contributed by atoms with Crippen molar-refractivity contribution in [3.63, 3.8) is 0 Å². The van der Waals surface area contributed by atoms with Crippen molar-refractivity contribution in [2.75, 3.05) is 6.54 Å². The highest BCUT2D eigenvalue weighted by Gasteiger charge is 2.38. The first-order valence-corrected chi connectivity index (χ1v) is 5.77. The van der Waals surface area contributed by atoms with Crippen LogP contribution < -0.4 is 5.32 Å². The largest absolute Gasteiger partial charge is 0.434 e. The van der Waals surface area contributed by atoms with E-state index >= 15 is 0 Å². The van der Waals surface area contributed by atoms with E-state index in [4.69, 9.17) is 0 Å². The molecule has 0 aromatic carbocycles. The van der Waals surface area contributed by atoms with Crippen LogP contribution in [0.4, 0.5) is 8.78 Å². The van der Waals surface area contributed by atoms with Crippen molar-refractivity contribution in [3.8, 4) is 0 Å².